The van der Waals surface area contributed by atoms with Crippen LogP contribution in [-0.4, -0.2) is 34.4 Å². The minimum absolute atomic E-state index is 0.221. The number of nitrogens with zero attached hydrogens (tertiary/aromatic N) is 2. The Morgan fingerprint density at radius 1 is 1.22 bits per heavy atom. The lowest BCUT2D eigenvalue weighted by atomic mass is 9.91. The molecule has 1 aliphatic rings. The van der Waals surface area contributed by atoms with Gasteiger partial charge in [-0.05, 0) is 33.3 Å². The van der Waals surface area contributed by atoms with Crippen molar-refractivity contribution in [2.75, 3.05) is 6.54 Å². The van der Waals surface area contributed by atoms with Crippen LogP contribution in [-0.2, 0) is 21.7 Å². The third kappa shape index (κ3) is 3.42. The highest BCUT2D eigenvalue weighted by molar-refractivity contribution is 6.09. The maximum absolute atomic E-state index is 12.8. The second-order valence-electron chi connectivity index (χ2n) is 6.89. The first-order chi connectivity index (χ1) is 12.7. The molecule has 0 bridgehead atoms. The van der Waals surface area contributed by atoms with Crippen molar-refractivity contribution < 1.29 is 18.9 Å². The van der Waals surface area contributed by atoms with Crippen LogP contribution in [0, 0.1) is 20.8 Å². The highest BCUT2D eigenvalue weighted by Crippen LogP contribution is 2.28. The maximum atomic E-state index is 12.8. The SMILES string of the molecule is Cc1ccc(C2(C)NC(=O)N(CC(=O)NCc3c(C)noc3C)C2=O)cc1. The van der Waals surface area contributed by atoms with Crippen LogP contribution >= 0.6 is 0 Å². The van der Waals surface area contributed by atoms with Crippen LogP contribution < -0.4 is 10.6 Å². The number of aryl methyl sites for hydroxylation is 3. The molecule has 1 atom stereocenters. The minimum atomic E-state index is -1.19. The molecular formula is C19H22N4O4. The number of hydrogen-bond acceptors (Lipinski definition) is 5. The summed E-state index contributed by atoms with van der Waals surface area (Å²) in [4.78, 5) is 38.3. The molecule has 0 spiro atoms. The summed E-state index contributed by atoms with van der Waals surface area (Å²) in [5, 5.41) is 9.21. The molecule has 0 radical (unpaired) electrons. The van der Waals surface area contributed by atoms with Crippen molar-refractivity contribution in [2.24, 2.45) is 0 Å². The van der Waals surface area contributed by atoms with E-state index in [1.54, 1.807) is 32.9 Å². The largest absolute Gasteiger partial charge is 0.361 e. The van der Waals surface area contributed by atoms with Gasteiger partial charge in [-0.3, -0.25) is 14.5 Å². The van der Waals surface area contributed by atoms with Gasteiger partial charge in [0.2, 0.25) is 5.91 Å². The summed E-state index contributed by atoms with van der Waals surface area (Å²) in [6.45, 7) is 6.99. The van der Waals surface area contributed by atoms with Crippen molar-refractivity contribution in [3.63, 3.8) is 0 Å². The Morgan fingerprint density at radius 3 is 2.48 bits per heavy atom. The van der Waals surface area contributed by atoms with Gasteiger partial charge >= 0.3 is 6.03 Å². The fraction of sp³-hybridized carbons (Fsp3) is 0.368. The average Bonchev–Trinajstić information content (AvgIpc) is 3.05. The van der Waals surface area contributed by atoms with E-state index >= 15 is 0 Å². The summed E-state index contributed by atoms with van der Waals surface area (Å²) in [5.41, 5.74) is 2.01. The fourth-order valence-electron chi connectivity index (χ4n) is 3.06. The zero-order chi connectivity index (χ0) is 19.8. The smallest absolute Gasteiger partial charge is 0.325 e. The molecule has 2 N–H and O–H groups in total. The van der Waals surface area contributed by atoms with Crippen molar-refractivity contribution in [1.29, 1.82) is 0 Å². The topological polar surface area (TPSA) is 105 Å². The Morgan fingerprint density at radius 2 is 1.89 bits per heavy atom. The summed E-state index contributed by atoms with van der Waals surface area (Å²) < 4.78 is 5.05. The predicted octanol–water partition coefficient (Wildman–Crippen LogP) is 1.68. The lowest BCUT2D eigenvalue weighted by Gasteiger charge is -2.22. The number of carbonyl (C=O) groups is 3. The van der Waals surface area contributed by atoms with E-state index < -0.39 is 23.4 Å². The minimum Gasteiger partial charge on any atom is -0.361 e. The Kier molecular flexibility index (Phi) is 4.73. The van der Waals surface area contributed by atoms with Crippen LogP contribution in [0.2, 0.25) is 0 Å². The monoisotopic (exact) mass is 370 g/mol. The molecule has 1 unspecified atom stereocenters. The van der Waals surface area contributed by atoms with Gasteiger partial charge in [0, 0.05) is 12.1 Å². The zero-order valence-electron chi connectivity index (χ0n) is 15.8. The van der Waals surface area contributed by atoms with E-state index in [4.69, 9.17) is 4.52 Å². The Hall–Kier alpha value is -3.16. The van der Waals surface area contributed by atoms with E-state index in [0.29, 0.717) is 17.0 Å². The summed E-state index contributed by atoms with van der Waals surface area (Å²) in [6.07, 6.45) is 0. The van der Waals surface area contributed by atoms with Gasteiger partial charge in [0.1, 0.15) is 17.8 Å². The van der Waals surface area contributed by atoms with E-state index in [9.17, 15) is 14.4 Å². The van der Waals surface area contributed by atoms with Crippen molar-refractivity contribution in [3.05, 3.63) is 52.4 Å². The van der Waals surface area contributed by atoms with Crippen LogP contribution in [0.5, 0.6) is 0 Å². The van der Waals surface area contributed by atoms with Crippen LogP contribution in [0.3, 0.4) is 0 Å². The number of hydrogen-bond donors (Lipinski definition) is 2. The molecule has 0 saturated carbocycles. The van der Waals surface area contributed by atoms with Gasteiger partial charge in [-0.2, -0.15) is 0 Å². The average molecular weight is 370 g/mol. The molecule has 2 heterocycles. The number of amides is 4. The van der Waals surface area contributed by atoms with E-state index in [0.717, 1.165) is 16.0 Å². The molecule has 1 fully saturated rings. The summed E-state index contributed by atoms with van der Waals surface area (Å²) >= 11 is 0. The first kappa shape index (κ1) is 18.6. The molecule has 3 rings (SSSR count). The Labute approximate surface area is 156 Å². The van der Waals surface area contributed by atoms with Gasteiger partial charge in [-0.25, -0.2) is 4.79 Å². The number of benzene rings is 1. The summed E-state index contributed by atoms with van der Waals surface area (Å²) in [7, 11) is 0. The Balaban J connectivity index is 1.68. The molecule has 1 aliphatic heterocycles. The van der Waals surface area contributed by atoms with Crippen molar-refractivity contribution in [3.8, 4) is 0 Å². The van der Waals surface area contributed by atoms with Crippen molar-refractivity contribution in [1.82, 2.24) is 20.7 Å². The summed E-state index contributed by atoms with van der Waals surface area (Å²) in [6, 6.07) is 6.76. The van der Waals surface area contributed by atoms with Gasteiger partial charge in [-0.1, -0.05) is 35.0 Å². The van der Waals surface area contributed by atoms with Crippen LogP contribution in [0.25, 0.3) is 0 Å². The number of imide groups is 1. The third-order valence-corrected chi connectivity index (χ3v) is 4.85. The van der Waals surface area contributed by atoms with Crippen LogP contribution in [0.15, 0.2) is 28.8 Å². The van der Waals surface area contributed by atoms with Gasteiger partial charge in [0.15, 0.2) is 0 Å². The molecule has 2 aromatic rings. The summed E-state index contributed by atoms with van der Waals surface area (Å²) in [5.74, 6) is -0.273. The standard InChI is InChI=1S/C19H22N4O4/c1-11-5-7-14(8-6-11)19(4)17(25)23(18(26)21-19)10-16(24)20-9-15-12(2)22-27-13(15)3/h5-8H,9-10H2,1-4H3,(H,20,24)(H,21,26). The van der Waals surface area contributed by atoms with E-state index in [1.165, 1.54) is 0 Å². The van der Waals surface area contributed by atoms with Crippen LogP contribution in [0.1, 0.15) is 35.1 Å². The Bertz CT molecular complexity index is 883. The molecule has 0 aliphatic carbocycles. The molecule has 8 heteroatoms. The molecule has 4 amide bonds. The van der Waals surface area contributed by atoms with Crippen molar-refractivity contribution >= 4 is 17.8 Å². The molecular weight excluding hydrogens is 348 g/mol. The number of aromatic nitrogens is 1. The third-order valence-electron chi connectivity index (χ3n) is 4.85. The number of carbonyl (C=O) groups excluding carboxylic acids is 3. The number of urea groups is 1. The lowest BCUT2D eigenvalue weighted by Crippen LogP contribution is -2.43. The molecule has 1 aromatic carbocycles. The molecule has 8 nitrogen and oxygen atoms in total. The van der Waals surface area contributed by atoms with Gasteiger partial charge in [-0.15, -0.1) is 0 Å². The second kappa shape index (κ2) is 6.86. The normalized spacial score (nSPS) is 19.3. The first-order valence-corrected chi connectivity index (χ1v) is 8.62. The maximum Gasteiger partial charge on any atom is 0.325 e. The number of rotatable bonds is 5. The van der Waals surface area contributed by atoms with Crippen LogP contribution in [0.4, 0.5) is 4.79 Å². The fourth-order valence-corrected chi connectivity index (χ4v) is 3.06. The predicted molar refractivity (Wildman–Crippen MR) is 96.6 cm³/mol. The van der Waals surface area contributed by atoms with Gasteiger partial charge in [0.05, 0.1) is 5.69 Å². The molecule has 1 saturated heterocycles. The van der Waals surface area contributed by atoms with Gasteiger partial charge in [0.25, 0.3) is 5.91 Å². The van der Waals surface area contributed by atoms with E-state index in [-0.39, 0.29) is 13.1 Å². The van der Waals surface area contributed by atoms with E-state index in [1.807, 2.05) is 19.1 Å². The van der Waals surface area contributed by atoms with E-state index in [2.05, 4.69) is 15.8 Å². The molecule has 27 heavy (non-hydrogen) atoms. The molecule has 1 aromatic heterocycles. The lowest BCUT2D eigenvalue weighted by molar-refractivity contribution is -0.134. The molecule has 142 valence electrons. The highest BCUT2D eigenvalue weighted by Gasteiger charge is 2.49. The first-order valence-electron chi connectivity index (χ1n) is 8.62. The van der Waals surface area contributed by atoms with Gasteiger partial charge < -0.3 is 15.2 Å². The zero-order valence-corrected chi connectivity index (χ0v) is 15.8. The second-order valence-corrected chi connectivity index (χ2v) is 6.89. The van der Waals surface area contributed by atoms with Crippen molar-refractivity contribution in [2.45, 2.75) is 39.8 Å². The number of nitrogens with one attached hydrogen (secondary N) is 2. The highest BCUT2D eigenvalue weighted by atomic mass is 16.5. The quantitative estimate of drug-likeness (QED) is 0.779.